The molecule has 1 rings (SSSR count). The fourth-order valence-electron chi connectivity index (χ4n) is 0.928. The molecule has 0 spiro atoms. The lowest BCUT2D eigenvalue weighted by Crippen LogP contribution is -2.28. The van der Waals surface area contributed by atoms with Crippen molar-refractivity contribution >= 4 is 11.9 Å². The van der Waals surface area contributed by atoms with Crippen molar-refractivity contribution in [3.63, 3.8) is 0 Å². The minimum atomic E-state index is -0.959. The van der Waals surface area contributed by atoms with E-state index in [0.29, 0.717) is 12.2 Å². The lowest BCUT2D eigenvalue weighted by atomic mass is 10.2. The van der Waals surface area contributed by atoms with Crippen LogP contribution in [0.2, 0.25) is 0 Å². The third-order valence-electron chi connectivity index (χ3n) is 2.16. The zero-order valence-corrected chi connectivity index (χ0v) is 10.9. The van der Waals surface area contributed by atoms with E-state index in [0.717, 1.165) is 0 Å². The summed E-state index contributed by atoms with van der Waals surface area (Å²) in [5, 5.41) is 16.6. The van der Waals surface area contributed by atoms with Gasteiger partial charge in [-0.25, -0.2) is 4.79 Å². The topological polar surface area (TPSA) is 110 Å². The van der Waals surface area contributed by atoms with E-state index in [9.17, 15) is 9.59 Å². The second-order valence-electron chi connectivity index (χ2n) is 3.76. The fourth-order valence-corrected chi connectivity index (χ4v) is 0.928. The van der Waals surface area contributed by atoms with Crippen molar-refractivity contribution in [3.8, 4) is 5.75 Å². The van der Waals surface area contributed by atoms with Gasteiger partial charge < -0.3 is 20.7 Å². The summed E-state index contributed by atoms with van der Waals surface area (Å²) in [7, 11) is 0. The van der Waals surface area contributed by atoms with Crippen LogP contribution < -0.4 is 10.5 Å². The summed E-state index contributed by atoms with van der Waals surface area (Å²) < 4.78 is 5.08. The molecule has 2 atom stereocenters. The van der Waals surface area contributed by atoms with E-state index in [1.54, 1.807) is 31.2 Å². The molecule has 6 heteroatoms. The van der Waals surface area contributed by atoms with Crippen LogP contribution in [0.5, 0.6) is 5.75 Å². The minimum absolute atomic E-state index is 0.495. The molecule has 1 unspecified atom stereocenters. The Balaban J connectivity index is 0.000000399. The third kappa shape index (κ3) is 7.77. The number of para-hydroxylation sites is 1. The van der Waals surface area contributed by atoms with Gasteiger partial charge in [-0.3, -0.25) is 4.79 Å². The van der Waals surface area contributed by atoms with Gasteiger partial charge in [-0.15, -0.1) is 0 Å². The Hall–Kier alpha value is -2.08. The molecule has 0 saturated carbocycles. The summed E-state index contributed by atoms with van der Waals surface area (Å²) in [6.45, 7) is 3.23. The van der Waals surface area contributed by atoms with E-state index in [1.165, 1.54) is 6.92 Å². The lowest BCUT2D eigenvalue weighted by Gasteiger charge is -2.09. The molecule has 0 bridgehead atoms. The number of carbonyl (C=O) groups is 2. The molecule has 4 N–H and O–H groups in total. The van der Waals surface area contributed by atoms with Gasteiger partial charge in [0, 0.05) is 0 Å². The van der Waals surface area contributed by atoms with Gasteiger partial charge in [0.05, 0.1) is 0 Å². The largest absolute Gasteiger partial charge is 0.480 e. The summed E-state index contributed by atoms with van der Waals surface area (Å²) in [5.41, 5.74) is 5.02. The molecule has 1 aromatic carbocycles. The van der Waals surface area contributed by atoms with Gasteiger partial charge in [-0.05, 0) is 25.5 Å². The van der Waals surface area contributed by atoms with Crippen LogP contribution in [0, 0.1) is 0 Å². The van der Waals surface area contributed by atoms with Gasteiger partial charge in [0.2, 0.25) is 0 Å². The van der Waals surface area contributed by atoms with Crippen molar-refractivity contribution < 1.29 is 24.5 Å². The third-order valence-corrected chi connectivity index (χ3v) is 2.16. The Morgan fingerprint density at radius 1 is 1.21 bits per heavy atom. The molecule has 19 heavy (non-hydrogen) atoms. The van der Waals surface area contributed by atoms with Gasteiger partial charge in [-0.1, -0.05) is 25.1 Å². The number of aliphatic carboxylic acids is 2. The van der Waals surface area contributed by atoms with Crippen molar-refractivity contribution in [1.82, 2.24) is 0 Å². The summed E-state index contributed by atoms with van der Waals surface area (Å²) in [6.07, 6.45) is -0.303. The second kappa shape index (κ2) is 8.93. The Kier molecular flexibility index (Phi) is 7.95. The van der Waals surface area contributed by atoms with Crippen LogP contribution in [-0.2, 0) is 9.59 Å². The van der Waals surface area contributed by atoms with E-state index < -0.39 is 24.1 Å². The molecule has 0 aliphatic carbocycles. The molecule has 0 aliphatic heterocycles. The summed E-state index contributed by atoms with van der Waals surface area (Å²) in [6, 6.07) is 8.20. The molecule has 0 amide bonds. The zero-order chi connectivity index (χ0) is 14.8. The first-order chi connectivity index (χ1) is 8.88. The van der Waals surface area contributed by atoms with Crippen LogP contribution in [0.25, 0.3) is 0 Å². The predicted molar refractivity (Wildman–Crippen MR) is 70.1 cm³/mol. The van der Waals surface area contributed by atoms with E-state index >= 15 is 0 Å². The van der Waals surface area contributed by atoms with Gasteiger partial charge in [0.15, 0.2) is 6.10 Å². The van der Waals surface area contributed by atoms with Gasteiger partial charge in [-0.2, -0.15) is 0 Å². The smallest absolute Gasteiger partial charge is 0.344 e. The first-order valence-corrected chi connectivity index (χ1v) is 5.81. The first kappa shape index (κ1) is 16.9. The second-order valence-corrected chi connectivity index (χ2v) is 3.76. The number of carboxylic acid groups (broad SMARTS) is 2. The quantitative estimate of drug-likeness (QED) is 0.744. The SMILES string of the molecule is CC(Oc1ccccc1)C(=O)O.CC[C@@H](N)C(=O)O. The molecule has 0 radical (unpaired) electrons. The maximum absolute atomic E-state index is 10.4. The maximum Gasteiger partial charge on any atom is 0.344 e. The predicted octanol–water partition coefficient (Wildman–Crippen LogP) is 1.35. The van der Waals surface area contributed by atoms with E-state index in [-0.39, 0.29) is 0 Å². The molecule has 0 heterocycles. The minimum Gasteiger partial charge on any atom is -0.480 e. The van der Waals surface area contributed by atoms with Gasteiger partial charge in [0.1, 0.15) is 11.8 Å². The van der Waals surface area contributed by atoms with E-state index in [1.807, 2.05) is 6.07 Å². The molecule has 0 aliphatic rings. The molecule has 1 aromatic rings. The fraction of sp³-hybridized carbons (Fsp3) is 0.385. The molecular weight excluding hydrogens is 250 g/mol. The van der Waals surface area contributed by atoms with Crippen molar-refractivity contribution in [2.24, 2.45) is 5.73 Å². The Morgan fingerprint density at radius 2 is 1.74 bits per heavy atom. The average Bonchev–Trinajstić information content (AvgIpc) is 2.39. The van der Waals surface area contributed by atoms with Crippen molar-refractivity contribution in [1.29, 1.82) is 0 Å². The van der Waals surface area contributed by atoms with Crippen LogP contribution in [0.4, 0.5) is 0 Å². The van der Waals surface area contributed by atoms with Crippen LogP contribution >= 0.6 is 0 Å². The van der Waals surface area contributed by atoms with Crippen molar-refractivity contribution in [2.45, 2.75) is 32.4 Å². The lowest BCUT2D eigenvalue weighted by molar-refractivity contribution is -0.144. The molecule has 0 aromatic heterocycles. The number of hydrogen-bond donors (Lipinski definition) is 3. The standard InChI is InChI=1S/C9H10O3.C4H9NO2/c1-7(9(10)11)12-8-5-3-2-4-6-8;1-2-3(5)4(6)7/h2-7H,1H3,(H,10,11);3H,2,5H2,1H3,(H,6,7)/t;3-/m.1/s1. The highest BCUT2D eigenvalue weighted by Crippen LogP contribution is 2.10. The monoisotopic (exact) mass is 269 g/mol. The maximum atomic E-state index is 10.4. The molecule has 6 nitrogen and oxygen atoms in total. The number of ether oxygens (including phenoxy) is 1. The van der Waals surface area contributed by atoms with Crippen LogP contribution in [0.15, 0.2) is 30.3 Å². The van der Waals surface area contributed by atoms with Gasteiger partial charge in [0.25, 0.3) is 0 Å². The highest BCUT2D eigenvalue weighted by atomic mass is 16.5. The Labute approximate surface area is 111 Å². The zero-order valence-electron chi connectivity index (χ0n) is 10.9. The molecule has 106 valence electrons. The van der Waals surface area contributed by atoms with E-state index in [2.05, 4.69) is 0 Å². The van der Waals surface area contributed by atoms with Crippen LogP contribution in [-0.4, -0.2) is 34.3 Å². The average molecular weight is 269 g/mol. The van der Waals surface area contributed by atoms with Crippen molar-refractivity contribution in [2.75, 3.05) is 0 Å². The Morgan fingerprint density at radius 3 is 2.05 bits per heavy atom. The molecule has 0 fully saturated rings. The number of rotatable bonds is 5. The van der Waals surface area contributed by atoms with Crippen LogP contribution in [0.1, 0.15) is 20.3 Å². The Bertz CT molecular complexity index is 393. The summed E-state index contributed by atoms with van der Waals surface area (Å²) >= 11 is 0. The highest BCUT2D eigenvalue weighted by Gasteiger charge is 2.11. The number of carboxylic acids is 2. The van der Waals surface area contributed by atoms with Crippen LogP contribution in [0.3, 0.4) is 0 Å². The van der Waals surface area contributed by atoms with E-state index in [4.69, 9.17) is 20.7 Å². The first-order valence-electron chi connectivity index (χ1n) is 5.81. The molecular formula is C13H19NO5. The summed E-state index contributed by atoms with van der Waals surface area (Å²) in [4.78, 5) is 20.2. The van der Waals surface area contributed by atoms with Crippen molar-refractivity contribution in [3.05, 3.63) is 30.3 Å². The normalized spacial score (nSPS) is 12.6. The summed E-state index contributed by atoms with van der Waals surface area (Å²) in [5.74, 6) is -1.31. The highest BCUT2D eigenvalue weighted by molar-refractivity contribution is 5.73. The number of hydrogen-bond acceptors (Lipinski definition) is 4. The number of benzene rings is 1. The molecule has 0 saturated heterocycles. The number of nitrogens with two attached hydrogens (primary N) is 1. The van der Waals surface area contributed by atoms with Gasteiger partial charge >= 0.3 is 11.9 Å².